The lowest BCUT2D eigenvalue weighted by molar-refractivity contribution is -0.119. The Balaban J connectivity index is 1.96. The fourth-order valence-electron chi connectivity index (χ4n) is 2.91. The molecule has 2 aromatic rings. The summed E-state index contributed by atoms with van der Waals surface area (Å²) in [5.41, 5.74) is 5.94. The molecule has 0 aliphatic heterocycles. The van der Waals surface area contributed by atoms with Crippen molar-refractivity contribution in [3.8, 4) is 0 Å². The maximum atomic E-state index is 12.9. The highest BCUT2D eigenvalue weighted by Crippen LogP contribution is 2.22. The Hall–Kier alpha value is -3.01. The smallest absolute Gasteiger partial charge is 0.407 e. The number of fused-ring (bicyclic) bond motifs is 1. The Kier molecular flexibility index (Phi) is 8.49. The summed E-state index contributed by atoms with van der Waals surface area (Å²) in [6, 6.07) is 7.42. The molecule has 1 heterocycles. The molecule has 4 N–H and O–H groups in total. The maximum absolute atomic E-state index is 12.9. The van der Waals surface area contributed by atoms with Crippen LogP contribution >= 0.6 is 12.8 Å². The van der Waals surface area contributed by atoms with Crippen LogP contribution in [0.3, 0.4) is 0 Å². The number of carbonyl (C=O) groups excluding carboxylic acids is 3. The second kappa shape index (κ2) is 10.9. The minimum atomic E-state index is -0.888. The topological polar surface area (TPSA) is 127 Å². The van der Waals surface area contributed by atoms with Gasteiger partial charge in [0.25, 0.3) is 0 Å². The van der Waals surface area contributed by atoms with Gasteiger partial charge in [-0.25, -0.2) is 9.59 Å². The molecular weight excluding hydrogens is 418 g/mol. The predicted molar refractivity (Wildman–Crippen MR) is 123 cm³/mol. The lowest BCUT2D eigenvalue weighted by atomic mass is 10.1. The van der Waals surface area contributed by atoms with Gasteiger partial charge in [-0.05, 0) is 52.2 Å². The third-order valence-corrected chi connectivity index (χ3v) is 4.76. The van der Waals surface area contributed by atoms with Gasteiger partial charge in [-0.15, -0.1) is 0 Å². The molecule has 168 valence electrons. The largest absolute Gasteiger partial charge is 0.444 e. The first-order chi connectivity index (χ1) is 14.6. The number of urea groups is 1. The van der Waals surface area contributed by atoms with Gasteiger partial charge in [-0.3, -0.25) is 14.1 Å². The fraction of sp³-hybridized carbons (Fsp3) is 0.429. The molecule has 0 bridgehead atoms. The minimum absolute atomic E-state index is 0.312. The number of rotatable bonds is 8. The molecule has 0 aliphatic rings. The molecular formula is C21H29N5O4S. The van der Waals surface area contributed by atoms with Gasteiger partial charge in [0.1, 0.15) is 11.6 Å². The molecule has 10 heteroatoms. The first kappa shape index (κ1) is 24.3. The number of aromatic nitrogens is 1. The Morgan fingerprint density at radius 2 is 1.90 bits per heavy atom. The summed E-state index contributed by atoms with van der Waals surface area (Å²) >= 11 is 4.10. The van der Waals surface area contributed by atoms with Gasteiger partial charge in [-0.2, -0.15) is 0 Å². The molecule has 1 atom stereocenters. The van der Waals surface area contributed by atoms with Crippen molar-refractivity contribution < 1.29 is 19.1 Å². The number of thiol groups is 1. The van der Waals surface area contributed by atoms with Crippen LogP contribution in [0.2, 0.25) is 0 Å². The summed E-state index contributed by atoms with van der Waals surface area (Å²) in [5, 5.41) is 6.35. The van der Waals surface area contributed by atoms with Crippen LogP contribution in [-0.4, -0.2) is 45.5 Å². The standard InChI is InChI=1S/C21H29N5O4S/c1-21(2,3)30-20(29)24-12-5-4-11-16(26(31)19(22)28)18(27)25-15-10-6-8-14-9-7-13-23-17(14)15/h6-10,13,16,31H,4-5,11-12H2,1-3H3,(H2,22,28)(H,24,29)(H,25,27). The molecule has 1 aromatic carbocycles. The average Bonchev–Trinajstić information content (AvgIpc) is 2.69. The Labute approximate surface area is 187 Å². The third-order valence-electron chi connectivity index (χ3n) is 4.29. The van der Waals surface area contributed by atoms with Gasteiger partial charge < -0.3 is 21.1 Å². The van der Waals surface area contributed by atoms with Crippen LogP contribution in [0.15, 0.2) is 36.5 Å². The quantitative estimate of drug-likeness (QED) is 0.364. The van der Waals surface area contributed by atoms with Gasteiger partial charge >= 0.3 is 12.1 Å². The predicted octanol–water partition coefficient (Wildman–Crippen LogP) is 3.46. The van der Waals surface area contributed by atoms with Crippen LogP contribution in [0.25, 0.3) is 10.9 Å². The first-order valence-corrected chi connectivity index (χ1v) is 10.4. The van der Waals surface area contributed by atoms with Crippen molar-refractivity contribution in [2.24, 2.45) is 5.73 Å². The van der Waals surface area contributed by atoms with Crippen molar-refractivity contribution in [3.63, 3.8) is 0 Å². The van der Waals surface area contributed by atoms with Crippen molar-refractivity contribution in [3.05, 3.63) is 36.5 Å². The highest BCUT2D eigenvalue weighted by molar-refractivity contribution is 7.78. The number of nitrogens with two attached hydrogens (primary N) is 1. The molecule has 0 saturated carbocycles. The number of alkyl carbamates (subject to hydrolysis) is 1. The number of hydrogen-bond acceptors (Lipinski definition) is 6. The van der Waals surface area contributed by atoms with Crippen molar-refractivity contribution in [1.29, 1.82) is 0 Å². The Bertz CT molecular complexity index is 926. The lowest BCUT2D eigenvalue weighted by Gasteiger charge is -2.24. The number of nitrogens with one attached hydrogen (secondary N) is 2. The van der Waals surface area contributed by atoms with E-state index in [-0.39, 0.29) is 0 Å². The number of benzene rings is 1. The number of primary amides is 1. The zero-order valence-corrected chi connectivity index (χ0v) is 18.8. The van der Waals surface area contributed by atoms with E-state index in [4.69, 9.17) is 10.5 Å². The molecule has 0 aliphatic carbocycles. The van der Waals surface area contributed by atoms with E-state index in [1.807, 2.05) is 24.3 Å². The number of hydrogen-bond donors (Lipinski definition) is 4. The van der Waals surface area contributed by atoms with E-state index >= 15 is 0 Å². The van der Waals surface area contributed by atoms with E-state index in [0.29, 0.717) is 37.0 Å². The van der Waals surface area contributed by atoms with Gasteiger partial charge in [0.15, 0.2) is 0 Å². The molecule has 0 spiro atoms. The zero-order valence-electron chi connectivity index (χ0n) is 17.9. The maximum Gasteiger partial charge on any atom is 0.407 e. The molecule has 31 heavy (non-hydrogen) atoms. The number of nitrogens with zero attached hydrogens (tertiary/aromatic N) is 2. The van der Waals surface area contributed by atoms with Gasteiger partial charge in [0, 0.05) is 18.1 Å². The van der Waals surface area contributed by atoms with E-state index in [2.05, 4.69) is 28.4 Å². The van der Waals surface area contributed by atoms with E-state index in [1.165, 1.54) is 0 Å². The Morgan fingerprint density at radius 1 is 1.19 bits per heavy atom. The summed E-state index contributed by atoms with van der Waals surface area (Å²) in [4.78, 5) is 40.5. The van der Waals surface area contributed by atoms with Crippen LogP contribution < -0.4 is 16.4 Å². The molecule has 4 amide bonds. The number of unbranched alkanes of at least 4 members (excludes halogenated alkanes) is 1. The molecule has 0 radical (unpaired) electrons. The monoisotopic (exact) mass is 447 g/mol. The van der Waals surface area contributed by atoms with Crippen LogP contribution in [-0.2, 0) is 9.53 Å². The summed E-state index contributed by atoms with van der Waals surface area (Å²) in [6.45, 7) is 5.73. The molecule has 0 fully saturated rings. The van der Waals surface area contributed by atoms with E-state index in [0.717, 1.165) is 9.69 Å². The van der Waals surface area contributed by atoms with E-state index in [1.54, 1.807) is 33.0 Å². The van der Waals surface area contributed by atoms with Crippen molar-refractivity contribution >= 4 is 47.4 Å². The number of pyridine rings is 1. The fourth-order valence-corrected chi connectivity index (χ4v) is 3.13. The summed E-state index contributed by atoms with van der Waals surface area (Å²) < 4.78 is 6.08. The lowest BCUT2D eigenvalue weighted by Crippen LogP contribution is -2.44. The van der Waals surface area contributed by atoms with Crippen LogP contribution in [0.5, 0.6) is 0 Å². The minimum Gasteiger partial charge on any atom is -0.444 e. The highest BCUT2D eigenvalue weighted by atomic mass is 32.1. The second-order valence-electron chi connectivity index (χ2n) is 7.99. The molecule has 2 rings (SSSR count). The first-order valence-electron chi connectivity index (χ1n) is 9.97. The number of carbonyl (C=O) groups is 3. The number of anilines is 1. The van der Waals surface area contributed by atoms with Crippen molar-refractivity contribution in [1.82, 2.24) is 14.6 Å². The molecule has 1 unspecified atom stereocenters. The average molecular weight is 448 g/mol. The number of ether oxygens (including phenoxy) is 1. The SMILES string of the molecule is CC(C)(C)OC(=O)NCCCCC(C(=O)Nc1cccc2cccnc12)N(S)C(N)=O. The summed E-state index contributed by atoms with van der Waals surface area (Å²) in [7, 11) is 0. The van der Waals surface area contributed by atoms with Crippen LogP contribution in [0, 0.1) is 0 Å². The van der Waals surface area contributed by atoms with Crippen molar-refractivity contribution in [2.45, 2.75) is 51.7 Å². The second-order valence-corrected chi connectivity index (χ2v) is 8.42. The normalized spacial score (nSPS) is 12.1. The van der Waals surface area contributed by atoms with E-state index < -0.39 is 29.7 Å². The molecule has 1 aromatic heterocycles. The number of para-hydroxylation sites is 1. The third kappa shape index (κ3) is 7.63. The van der Waals surface area contributed by atoms with E-state index in [9.17, 15) is 14.4 Å². The summed E-state index contributed by atoms with van der Waals surface area (Å²) in [5.74, 6) is -0.424. The highest BCUT2D eigenvalue weighted by Gasteiger charge is 2.27. The molecule has 0 saturated heterocycles. The van der Waals surface area contributed by atoms with Gasteiger partial charge in [-0.1, -0.05) is 31.0 Å². The zero-order chi connectivity index (χ0) is 23.0. The number of amides is 4. The van der Waals surface area contributed by atoms with Crippen LogP contribution in [0.4, 0.5) is 15.3 Å². The van der Waals surface area contributed by atoms with Gasteiger partial charge in [0.05, 0.1) is 11.2 Å². The summed E-state index contributed by atoms with van der Waals surface area (Å²) in [6.07, 6.45) is 2.58. The van der Waals surface area contributed by atoms with Gasteiger partial charge in [0.2, 0.25) is 5.91 Å². The Morgan fingerprint density at radius 3 is 2.58 bits per heavy atom. The molecule has 9 nitrogen and oxygen atoms in total. The van der Waals surface area contributed by atoms with Crippen molar-refractivity contribution in [2.75, 3.05) is 11.9 Å². The van der Waals surface area contributed by atoms with Crippen LogP contribution in [0.1, 0.15) is 40.0 Å².